The minimum absolute atomic E-state index is 0. The minimum Gasteiger partial charge on any atom is -0.778 e. The van der Waals surface area contributed by atoms with Gasteiger partial charge in [-0.05, 0) is 40.5 Å². The summed E-state index contributed by atoms with van der Waals surface area (Å²) in [4.78, 5) is 21.7. The van der Waals surface area contributed by atoms with Crippen LogP contribution in [0.15, 0.2) is 0 Å². The SMILES string of the molecule is CCCP(=O)([O-])OC(C)C.CCCP(=O)([O-])OC(C)C.[Zn+2]. The smallest absolute Gasteiger partial charge is 0.778 e. The Labute approximate surface area is 141 Å². The molecule has 21 heavy (non-hydrogen) atoms. The van der Waals surface area contributed by atoms with Crippen molar-refractivity contribution in [2.24, 2.45) is 0 Å². The Balaban J connectivity index is -0.000000295. The predicted molar refractivity (Wildman–Crippen MR) is 78.0 cm³/mol. The molecule has 0 radical (unpaired) electrons. The van der Waals surface area contributed by atoms with Crippen LogP contribution in [0.25, 0.3) is 0 Å². The topological polar surface area (TPSA) is 98.7 Å². The number of hydrogen-bond acceptors (Lipinski definition) is 6. The fourth-order valence-corrected chi connectivity index (χ4v) is 3.89. The van der Waals surface area contributed by atoms with Gasteiger partial charge in [0.2, 0.25) is 0 Å². The Morgan fingerprint density at radius 1 is 0.810 bits per heavy atom. The molecule has 0 aromatic carbocycles. The van der Waals surface area contributed by atoms with Crippen molar-refractivity contribution in [1.82, 2.24) is 0 Å². The van der Waals surface area contributed by atoms with Crippen molar-refractivity contribution in [3.05, 3.63) is 0 Å². The summed E-state index contributed by atoms with van der Waals surface area (Å²) in [7, 11) is -7.00. The fraction of sp³-hybridized carbons (Fsp3) is 1.00. The predicted octanol–water partition coefficient (Wildman–Crippen LogP) is 2.75. The van der Waals surface area contributed by atoms with Gasteiger partial charge in [0.15, 0.2) is 0 Å². The second-order valence-corrected chi connectivity index (χ2v) is 8.74. The molecule has 0 saturated carbocycles. The van der Waals surface area contributed by atoms with Crippen molar-refractivity contribution in [3.8, 4) is 0 Å². The largest absolute Gasteiger partial charge is 2.00 e. The molecular weight excluding hydrogens is 367 g/mol. The molecule has 0 spiro atoms. The van der Waals surface area contributed by atoms with Gasteiger partial charge in [0.05, 0.1) is 12.2 Å². The minimum atomic E-state index is -3.50. The average Bonchev–Trinajstić information content (AvgIpc) is 2.12. The van der Waals surface area contributed by atoms with Crippen molar-refractivity contribution in [3.63, 3.8) is 0 Å². The maximum atomic E-state index is 10.8. The van der Waals surface area contributed by atoms with E-state index in [9.17, 15) is 18.9 Å². The number of rotatable bonds is 8. The zero-order chi connectivity index (χ0) is 16.4. The summed E-state index contributed by atoms with van der Waals surface area (Å²) in [6.45, 7) is 10.5. The van der Waals surface area contributed by atoms with E-state index < -0.39 is 15.2 Å². The molecule has 6 nitrogen and oxygen atoms in total. The summed E-state index contributed by atoms with van der Waals surface area (Å²) >= 11 is 0. The molecule has 0 aliphatic carbocycles. The van der Waals surface area contributed by atoms with Crippen molar-refractivity contribution in [1.29, 1.82) is 0 Å². The van der Waals surface area contributed by atoms with Crippen LogP contribution in [-0.4, -0.2) is 24.5 Å². The van der Waals surface area contributed by atoms with Crippen molar-refractivity contribution in [2.75, 3.05) is 12.3 Å². The Morgan fingerprint density at radius 2 is 1.05 bits per heavy atom. The molecule has 124 valence electrons. The quantitative estimate of drug-likeness (QED) is 0.463. The maximum absolute atomic E-state index is 10.8. The van der Waals surface area contributed by atoms with Crippen molar-refractivity contribution in [2.45, 2.75) is 66.6 Å². The summed E-state index contributed by atoms with van der Waals surface area (Å²) in [6.07, 6.45) is 1.07. The van der Waals surface area contributed by atoms with E-state index in [1.165, 1.54) is 0 Å². The van der Waals surface area contributed by atoms with Crippen molar-refractivity contribution < 1.29 is 47.4 Å². The second kappa shape index (κ2) is 13.4. The third-order valence-corrected chi connectivity index (χ3v) is 5.21. The van der Waals surface area contributed by atoms with E-state index in [4.69, 9.17) is 0 Å². The summed E-state index contributed by atoms with van der Waals surface area (Å²) in [5.74, 6) is 0. The maximum Gasteiger partial charge on any atom is 2.00 e. The molecule has 0 aliphatic rings. The normalized spacial score (nSPS) is 16.5. The molecule has 0 amide bonds. The van der Waals surface area contributed by atoms with Crippen LogP contribution in [0.2, 0.25) is 0 Å². The molecule has 0 rings (SSSR count). The van der Waals surface area contributed by atoms with Crippen LogP contribution in [0.1, 0.15) is 54.4 Å². The third-order valence-electron chi connectivity index (χ3n) is 1.74. The number of hydrogen-bond donors (Lipinski definition) is 0. The average molecular weight is 396 g/mol. The fourth-order valence-electron chi connectivity index (χ4n) is 1.30. The van der Waals surface area contributed by atoms with E-state index >= 15 is 0 Å². The van der Waals surface area contributed by atoms with Crippen LogP contribution in [0, 0.1) is 0 Å². The molecule has 0 N–H and O–H groups in total. The van der Waals surface area contributed by atoms with Gasteiger partial charge in [0, 0.05) is 12.3 Å². The van der Waals surface area contributed by atoms with E-state index in [1.54, 1.807) is 27.7 Å². The van der Waals surface area contributed by atoms with Crippen LogP contribution in [-0.2, 0) is 37.7 Å². The van der Waals surface area contributed by atoms with E-state index in [1.807, 2.05) is 13.8 Å². The van der Waals surface area contributed by atoms with Gasteiger partial charge in [-0.1, -0.05) is 13.8 Å². The van der Waals surface area contributed by atoms with Crippen LogP contribution in [0.5, 0.6) is 0 Å². The molecule has 2 unspecified atom stereocenters. The summed E-state index contributed by atoms with van der Waals surface area (Å²) in [5, 5.41) is 0. The van der Waals surface area contributed by atoms with Gasteiger partial charge in [0.1, 0.15) is 15.2 Å². The van der Waals surface area contributed by atoms with Gasteiger partial charge >= 0.3 is 19.5 Å². The third kappa shape index (κ3) is 20.9. The molecule has 0 aliphatic heterocycles. The van der Waals surface area contributed by atoms with Gasteiger partial charge in [0.25, 0.3) is 0 Å². The molecule has 0 saturated heterocycles. The Bertz CT molecular complexity index is 304. The van der Waals surface area contributed by atoms with Gasteiger partial charge in [-0.25, -0.2) is 0 Å². The van der Waals surface area contributed by atoms with Gasteiger partial charge in [-0.2, -0.15) is 0 Å². The molecule has 0 heterocycles. The zero-order valence-electron chi connectivity index (χ0n) is 14.0. The monoisotopic (exact) mass is 394 g/mol. The Kier molecular flexibility index (Phi) is 17.1. The van der Waals surface area contributed by atoms with Gasteiger partial charge in [-0.15, -0.1) is 0 Å². The van der Waals surface area contributed by atoms with Crippen LogP contribution < -0.4 is 9.79 Å². The van der Waals surface area contributed by atoms with E-state index in [-0.39, 0.29) is 44.0 Å². The van der Waals surface area contributed by atoms with E-state index in [0.717, 1.165) is 0 Å². The van der Waals surface area contributed by atoms with Crippen LogP contribution in [0.3, 0.4) is 0 Å². The van der Waals surface area contributed by atoms with Crippen molar-refractivity contribution >= 4 is 15.2 Å². The Hall–Kier alpha value is 0.923. The van der Waals surface area contributed by atoms with E-state index in [2.05, 4.69) is 9.05 Å². The molecule has 9 heteroatoms. The first-order chi connectivity index (χ1) is 8.95. The summed E-state index contributed by atoms with van der Waals surface area (Å²) < 4.78 is 31.0. The molecule has 0 bridgehead atoms. The molecule has 0 fully saturated rings. The molecule has 0 aromatic rings. The molecular formula is C12H28O6P2Zn. The van der Waals surface area contributed by atoms with Gasteiger partial charge < -0.3 is 28.0 Å². The summed E-state index contributed by atoms with van der Waals surface area (Å²) in [5.41, 5.74) is 0. The first-order valence-electron chi connectivity index (χ1n) is 6.92. The van der Waals surface area contributed by atoms with E-state index in [0.29, 0.717) is 12.8 Å². The summed E-state index contributed by atoms with van der Waals surface area (Å²) in [6, 6.07) is 0. The van der Waals surface area contributed by atoms with Crippen LogP contribution >= 0.6 is 15.2 Å². The zero-order valence-corrected chi connectivity index (χ0v) is 18.8. The second-order valence-electron chi connectivity index (χ2n) is 4.98. The first-order valence-corrected chi connectivity index (χ1v) is 10.4. The molecule has 2 atom stereocenters. The molecule has 0 aromatic heterocycles. The Morgan fingerprint density at radius 3 is 1.19 bits per heavy atom. The van der Waals surface area contributed by atoms with Crippen LogP contribution in [0.4, 0.5) is 0 Å². The standard InChI is InChI=1S/2C6H15O3P.Zn/c2*1-4-5-10(7,8)9-6(2)3;/h2*6H,4-5H2,1-3H3,(H,7,8);/q;;+2/p-2. The first kappa shape index (κ1) is 26.8. The van der Waals surface area contributed by atoms with Gasteiger partial charge in [-0.3, -0.25) is 0 Å².